The number of hydrogen-bond donors (Lipinski definition) is 0. The van der Waals surface area contributed by atoms with E-state index in [4.69, 9.17) is 0 Å². The Morgan fingerprint density at radius 2 is 2.00 bits per heavy atom. The second-order valence-corrected chi connectivity index (χ2v) is 4.09. The maximum absolute atomic E-state index is 9.22. The molecule has 0 spiro atoms. The third-order valence-electron chi connectivity index (χ3n) is 2.23. The van der Waals surface area contributed by atoms with Crippen LogP contribution in [0.2, 0.25) is 0 Å². The Hall–Kier alpha value is -1.73. The number of nitriles is 1. The molecule has 2 rings (SSSR count). The number of nitrogens with zero attached hydrogens (tertiary/aromatic N) is 3. The number of rotatable bonds is 2. The molecule has 1 aromatic carbocycles. The van der Waals surface area contributed by atoms with Crippen LogP contribution in [0.1, 0.15) is 17.2 Å². The van der Waals surface area contributed by atoms with Gasteiger partial charge in [0.1, 0.15) is 5.92 Å². The van der Waals surface area contributed by atoms with Gasteiger partial charge in [-0.1, -0.05) is 34.1 Å². The normalized spacial score (nSPS) is 11.8. The van der Waals surface area contributed by atoms with Gasteiger partial charge in [0, 0.05) is 10.7 Å². The third-order valence-corrected chi connectivity index (χ3v) is 2.96. The van der Waals surface area contributed by atoms with Crippen LogP contribution in [-0.2, 0) is 0 Å². The van der Waals surface area contributed by atoms with E-state index in [0.29, 0.717) is 5.69 Å². The Labute approximate surface area is 102 Å². The zero-order chi connectivity index (χ0) is 11.4. The van der Waals surface area contributed by atoms with Crippen LogP contribution in [0.5, 0.6) is 0 Å². The van der Waals surface area contributed by atoms with Gasteiger partial charge in [0.15, 0.2) is 0 Å². The Morgan fingerprint density at radius 1 is 1.19 bits per heavy atom. The second kappa shape index (κ2) is 4.86. The summed E-state index contributed by atoms with van der Waals surface area (Å²) >= 11 is 3.44. The maximum Gasteiger partial charge on any atom is 0.116 e. The minimum atomic E-state index is -0.385. The molecule has 1 atom stereocenters. The molecule has 0 N–H and O–H groups in total. The molecule has 1 aromatic heterocycles. The van der Waals surface area contributed by atoms with E-state index < -0.39 is 0 Å². The number of benzene rings is 1. The standard InChI is InChI=1S/C12H8BrN3/c13-11-5-2-1-4-9(11)10(8-14)12-6-3-7-15-16-12/h1-7,10H. The van der Waals surface area contributed by atoms with Crippen molar-refractivity contribution < 1.29 is 0 Å². The lowest BCUT2D eigenvalue weighted by Crippen LogP contribution is -2.02. The van der Waals surface area contributed by atoms with Gasteiger partial charge in [-0.3, -0.25) is 0 Å². The molecule has 16 heavy (non-hydrogen) atoms. The van der Waals surface area contributed by atoms with Gasteiger partial charge in [-0.25, -0.2) is 0 Å². The molecular weight excluding hydrogens is 266 g/mol. The highest BCUT2D eigenvalue weighted by Gasteiger charge is 2.17. The highest BCUT2D eigenvalue weighted by Crippen LogP contribution is 2.28. The summed E-state index contributed by atoms with van der Waals surface area (Å²) in [6, 6.07) is 13.5. The Balaban J connectivity index is 2.47. The fourth-order valence-electron chi connectivity index (χ4n) is 1.47. The first-order valence-electron chi connectivity index (χ1n) is 4.74. The highest BCUT2D eigenvalue weighted by molar-refractivity contribution is 9.10. The molecule has 0 amide bonds. The molecule has 1 unspecified atom stereocenters. The van der Waals surface area contributed by atoms with Crippen LogP contribution in [-0.4, -0.2) is 10.2 Å². The van der Waals surface area contributed by atoms with Crippen LogP contribution < -0.4 is 0 Å². The minimum Gasteiger partial charge on any atom is -0.197 e. The summed E-state index contributed by atoms with van der Waals surface area (Å²) in [6.07, 6.45) is 1.60. The summed E-state index contributed by atoms with van der Waals surface area (Å²) in [5, 5.41) is 17.0. The van der Waals surface area contributed by atoms with Crippen molar-refractivity contribution in [2.75, 3.05) is 0 Å². The highest BCUT2D eigenvalue weighted by atomic mass is 79.9. The first-order valence-corrected chi connectivity index (χ1v) is 5.54. The maximum atomic E-state index is 9.22. The Kier molecular flexibility index (Phi) is 3.28. The van der Waals surface area contributed by atoms with Crippen molar-refractivity contribution in [3.8, 4) is 6.07 Å². The minimum absolute atomic E-state index is 0.385. The van der Waals surface area contributed by atoms with Crippen LogP contribution in [0.3, 0.4) is 0 Å². The van der Waals surface area contributed by atoms with Crippen molar-refractivity contribution in [3.63, 3.8) is 0 Å². The average Bonchev–Trinajstić information content (AvgIpc) is 2.34. The number of aromatic nitrogens is 2. The zero-order valence-corrected chi connectivity index (χ0v) is 9.92. The van der Waals surface area contributed by atoms with Gasteiger partial charge in [0.25, 0.3) is 0 Å². The third kappa shape index (κ3) is 2.10. The smallest absolute Gasteiger partial charge is 0.116 e. The SMILES string of the molecule is N#CC(c1cccnn1)c1ccccc1Br. The van der Waals surface area contributed by atoms with Crippen molar-refractivity contribution in [3.05, 3.63) is 58.3 Å². The van der Waals surface area contributed by atoms with Crippen LogP contribution in [0.4, 0.5) is 0 Å². The summed E-state index contributed by atoms with van der Waals surface area (Å²) in [5.41, 5.74) is 1.57. The molecular formula is C12H8BrN3. The summed E-state index contributed by atoms with van der Waals surface area (Å²) in [5.74, 6) is -0.385. The first-order chi connectivity index (χ1) is 7.83. The van der Waals surface area contributed by atoms with E-state index in [-0.39, 0.29) is 5.92 Å². The fourth-order valence-corrected chi connectivity index (χ4v) is 1.99. The van der Waals surface area contributed by atoms with Gasteiger partial charge in [-0.15, -0.1) is 0 Å². The summed E-state index contributed by atoms with van der Waals surface area (Å²) in [7, 11) is 0. The van der Waals surface area contributed by atoms with E-state index in [1.165, 1.54) is 0 Å². The van der Waals surface area contributed by atoms with Gasteiger partial charge >= 0.3 is 0 Å². The molecule has 3 nitrogen and oxygen atoms in total. The molecule has 0 saturated carbocycles. The lowest BCUT2D eigenvalue weighted by Gasteiger charge is -2.09. The molecule has 0 bridgehead atoms. The molecule has 1 heterocycles. The average molecular weight is 274 g/mol. The van der Waals surface area contributed by atoms with E-state index in [2.05, 4.69) is 32.2 Å². The van der Waals surface area contributed by atoms with E-state index in [9.17, 15) is 5.26 Å². The summed E-state index contributed by atoms with van der Waals surface area (Å²) in [6.45, 7) is 0. The van der Waals surface area contributed by atoms with E-state index in [0.717, 1.165) is 10.0 Å². The van der Waals surface area contributed by atoms with E-state index in [1.54, 1.807) is 18.3 Å². The molecule has 0 saturated heterocycles. The monoisotopic (exact) mass is 273 g/mol. The topological polar surface area (TPSA) is 49.6 Å². The van der Waals surface area contributed by atoms with Crippen molar-refractivity contribution in [1.29, 1.82) is 5.26 Å². The zero-order valence-electron chi connectivity index (χ0n) is 8.34. The van der Waals surface area contributed by atoms with Gasteiger partial charge in [0.2, 0.25) is 0 Å². The first kappa shape index (κ1) is 10.8. The largest absolute Gasteiger partial charge is 0.197 e. The molecule has 4 heteroatoms. The Morgan fingerprint density at radius 3 is 2.62 bits per heavy atom. The van der Waals surface area contributed by atoms with Crippen molar-refractivity contribution in [1.82, 2.24) is 10.2 Å². The summed E-state index contributed by atoms with van der Waals surface area (Å²) in [4.78, 5) is 0. The van der Waals surface area contributed by atoms with E-state index >= 15 is 0 Å². The number of hydrogen-bond acceptors (Lipinski definition) is 3. The van der Waals surface area contributed by atoms with Crippen LogP contribution >= 0.6 is 15.9 Å². The van der Waals surface area contributed by atoms with Crippen LogP contribution in [0, 0.1) is 11.3 Å². The molecule has 0 aliphatic rings. The molecule has 0 aliphatic carbocycles. The van der Waals surface area contributed by atoms with Gasteiger partial charge < -0.3 is 0 Å². The van der Waals surface area contributed by atoms with Gasteiger partial charge in [-0.05, 0) is 23.8 Å². The van der Waals surface area contributed by atoms with Gasteiger partial charge in [0.05, 0.1) is 11.8 Å². The quantitative estimate of drug-likeness (QED) is 0.846. The van der Waals surface area contributed by atoms with Gasteiger partial charge in [-0.2, -0.15) is 15.5 Å². The molecule has 78 valence electrons. The molecule has 2 aromatic rings. The predicted molar refractivity (Wildman–Crippen MR) is 63.6 cm³/mol. The lowest BCUT2D eigenvalue weighted by atomic mass is 9.97. The van der Waals surface area contributed by atoms with Crippen molar-refractivity contribution >= 4 is 15.9 Å². The fraction of sp³-hybridized carbons (Fsp3) is 0.0833. The van der Waals surface area contributed by atoms with Crippen LogP contribution in [0.25, 0.3) is 0 Å². The van der Waals surface area contributed by atoms with Crippen LogP contribution in [0.15, 0.2) is 47.1 Å². The number of halogens is 1. The second-order valence-electron chi connectivity index (χ2n) is 3.23. The Bertz CT molecular complexity index is 519. The van der Waals surface area contributed by atoms with Crippen molar-refractivity contribution in [2.45, 2.75) is 5.92 Å². The van der Waals surface area contributed by atoms with E-state index in [1.807, 2.05) is 24.3 Å². The predicted octanol–water partition coefficient (Wildman–Crippen LogP) is 2.89. The molecule has 0 radical (unpaired) electrons. The molecule has 0 aliphatic heterocycles. The molecule has 0 fully saturated rings. The van der Waals surface area contributed by atoms with Crippen molar-refractivity contribution in [2.24, 2.45) is 0 Å². The lowest BCUT2D eigenvalue weighted by molar-refractivity contribution is 0.881. The summed E-state index contributed by atoms with van der Waals surface area (Å²) < 4.78 is 0.909.